The van der Waals surface area contributed by atoms with Gasteiger partial charge in [-0.3, -0.25) is 5.10 Å². The smallest absolute Gasteiger partial charge is 0.275 e. The Morgan fingerprint density at radius 2 is 2.14 bits per heavy atom. The molecule has 0 amide bonds. The Hall–Kier alpha value is -1.41. The molecule has 9 heteroatoms. The van der Waals surface area contributed by atoms with Crippen LogP contribution in [-0.2, 0) is 9.05 Å². The zero-order chi connectivity index (χ0) is 10.2. The second-order valence-electron chi connectivity index (χ2n) is 2.37. The largest absolute Gasteiger partial charge is 0.296 e. The molecule has 0 fully saturated rings. The molecule has 0 unspecified atom stereocenters. The Kier molecular flexibility index (Phi) is 2.01. The molecule has 0 saturated carbocycles. The van der Waals surface area contributed by atoms with Gasteiger partial charge in [-0.1, -0.05) is 0 Å². The Bertz CT molecular complexity index is 530. The van der Waals surface area contributed by atoms with Gasteiger partial charge in [0.15, 0.2) is 5.82 Å². The van der Waals surface area contributed by atoms with Crippen molar-refractivity contribution in [2.24, 2.45) is 0 Å². The van der Waals surface area contributed by atoms with E-state index in [1.807, 2.05) is 0 Å². The lowest BCUT2D eigenvalue weighted by atomic mass is 10.4. The molecule has 2 rings (SSSR count). The summed E-state index contributed by atoms with van der Waals surface area (Å²) >= 11 is 0. The quantitative estimate of drug-likeness (QED) is 0.717. The van der Waals surface area contributed by atoms with E-state index in [9.17, 15) is 8.42 Å². The van der Waals surface area contributed by atoms with E-state index in [2.05, 4.69) is 25.4 Å². The topological polar surface area (TPSA) is 104 Å². The van der Waals surface area contributed by atoms with E-state index in [1.165, 1.54) is 6.20 Å². The highest BCUT2D eigenvalue weighted by molar-refractivity contribution is 8.13. The van der Waals surface area contributed by atoms with Crippen molar-refractivity contribution in [3.8, 4) is 11.5 Å². The van der Waals surface area contributed by atoms with Crippen LogP contribution in [0.4, 0.5) is 0 Å². The highest BCUT2D eigenvalue weighted by Crippen LogP contribution is 2.14. The molecule has 0 radical (unpaired) electrons. The van der Waals surface area contributed by atoms with Gasteiger partial charge in [0, 0.05) is 16.9 Å². The van der Waals surface area contributed by atoms with Crippen LogP contribution in [0.5, 0.6) is 0 Å². The Balaban J connectivity index is 2.46. The third kappa shape index (κ3) is 1.61. The third-order valence-electron chi connectivity index (χ3n) is 1.44. The molecule has 14 heavy (non-hydrogen) atoms. The highest BCUT2D eigenvalue weighted by atomic mass is 35.7. The van der Waals surface area contributed by atoms with Gasteiger partial charge in [-0.05, 0) is 6.07 Å². The van der Waals surface area contributed by atoms with Gasteiger partial charge in [0.25, 0.3) is 14.2 Å². The Morgan fingerprint density at radius 3 is 2.64 bits per heavy atom. The second-order valence-corrected chi connectivity index (χ2v) is 4.85. The summed E-state index contributed by atoms with van der Waals surface area (Å²) in [5.41, 5.74) is 0.507. The first-order valence-electron chi connectivity index (χ1n) is 3.44. The molecular weight excluding hydrogens is 230 g/mol. The van der Waals surface area contributed by atoms with Crippen molar-refractivity contribution in [3.63, 3.8) is 0 Å². The van der Waals surface area contributed by atoms with Crippen molar-refractivity contribution < 1.29 is 8.42 Å². The summed E-state index contributed by atoms with van der Waals surface area (Å²) in [4.78, 5) is 3.67. The zero-order valence-electron chi connectivity index (χ0n) is 6.60. The summed E-state index contributed by atoms with van der Waals surface area (Å²) in [5.74, 6) is 0.196. The molecule has 0 spiro atoms. The molecule has 74 valence electrons. The van der Waals surface area contributed by atoms with Crippen molar-refractivity contribution in [1.29, 1.82) is 0 Å². The highest BCUT2D eigenvalue weighted by Gasteiger charge is 2.16. The van der Waals surface area contributed by atoms with Gasteiger partial charge >= 0.3 is 0 Å². The van der Waals surface area contributed by atoms with Gasteiger partial charge in [-0.15, -0.1) is 0 Å². The van der Waals surface area contributed by atoms with Crippen LogP contribution < -0.4 is 0 Å². The van der Waals surface area contributed by atoms with Crippen molar-refractivity contribution in [2.75, 3.05) is 0 Å². The lowest BCUT2D eigenvalue weighted by Crippen LogP contribution is -1.92. The number of aromatic amines is 2. The normalized spacial score (nSPS) is 11.8. The van der Waals surface area contributed by atoms with Gasteiger partial charge in [0.05, 0.1) is 0 Å². The number of H-pyrrole nitrogens is 2. The van der Waals surface area contributed by atoms with Crippen molar-refractivity contribution in [3.05, 3.63) is 12.3 Å². The van der Waals surface area contributed by atoms with Crippen LogP contribution in [0.15, 0.2) is 17.4 Å². The average molecular weight is 234 g/mol. The number of nitrogens with zero attached hydrogens (tertiary/aromatic N) is 3. The number of aromatic nitrogens is 5. The van der Waals surface area contributed by atoms with Crippen LogP contribution in [0, 0.1) is 0 Å². The molecule has 2 heterocycles. The summed E-state index contributed by atoms with van der Waals surface area (Å²) in [5, 5.41) is 11.7. The van der Waals surface area contributed by atoms with E-state index in [1.54, 1.807) is 6.07 Å². The molecule has 0 aliphatic heterocycles. The molecule has 2 N–H and O–H groups in total. The summed E-state index contributed by atoms with van der Waals surface area (Å²) in [7, 11) is 1.18. The minimum absolute atomic E-state index is 0.196. The van der Waals surface area contributed by atoms with Crippen LogP contribution in [0.2, 0.25) is 0 Å². The van der Waals surface area contributed by atoms with Gasteiger partial charge in [0.2, 0.25) is 0 Å². The number of nitrogens with one attached hydrogen (secondary N) is 2. The molecule has 0 aliphatic carbocycles. The fraction of sp³-hybridized carbons (Fsp3) is 0. The van der Waals surface area contributed by atoms with Gasteiger partial charge < -0.3 is 0 Å². The van der Waals surface area contributed by atoms with E-state index in [0.717, 1.165) is 0 Å². The fourth-order valence-corrected chi connectivity index (χ4v) is 1.41. The SMILES string of the molecule is O=S(=O)(Cl)c1nc(-c2ccn[nH]2)n[nH]1. The Morgan fingerprint density at radius 1 is 1.36 bits per heavy atom. The first-order chi connectivity index (χ1) is 6.57. The van der Waals surface area contributed by atoms with Crippen LogP contribution in [0.3, 0.4) is 0 Å². The molecule has 2 aromatic heterocycles. The Labute approximate surface area is 82.9 Å². The second kappa shape index (κ2) is 3.07. The predicted molar refractivity (Wildman–Crippen MR) is 47.0 cm³/mol. The van der Waals surface area contributed by atoms with E-state index < -0.39 is 9.05 Å². The minimum Gasteiger partial charge on any atom is -0.275 e. The third-order valence-corrected chi connectivity index (χ3v) is 2.52. The molecule has 0 aromatic carbocycles. The molecule has 7 nitrogen and oxygen atoms in total. The summed E-state index contributed by atoms with van der Waals surface area (Å²) < 4.78 is 21.6. The molecule has 2 aromatic rings. The number of hydrogen-bond acceptors (Lipinski definition) is 5. The molecule has 0 atom stereocenters. The number of hydrogen-bond donors (Lipinski definition) is 2. The first-order valence-corrected chi connectivity index (χ1v) is 5.75. The monoisotopic (exact) mass is 233 g/mol. The van der Waals surface area contributed by atoms with Crippen molar-refractivity contribution in [1.82, 2.24) is 25.4 Å². The van der Waals surface area contributed by atoms with E-state index in [4.69, 9.17) is 10.7 Å². The van der Waals surface area contributed by atoms with Gasteiger partial charge in [0.1, 0.15) is 5.69 Å². The predicted octanol–water partition coefficient (Wildman–Crippen LogP) is 0.122. The minimum atomic E-state index is -3.86. The van der Waals surface area contributed by atoms with Crippen LogP contribution in [0.25, 0.3) is 11.5 Å². The van der Waals surface area contributed by atoms with Crippen molar-refractivity contribution >= 4 is 19.7 Å². The standard InChI is InChI=1S/C5H4ClN5O2S/c6-14(12,13)5-8-4(10-11-5)3-1-2-7-9-3/h1-2H,(H,7,9)(H,8,10,11). The zero-order valence-corrected chi connectivity index (χ0v) is 8.17. The first kappa shape index (κ1) is 9.16. The summed E-state index contributed by atoms with van der Waals surface area (Å²) in [6.07, 6.45) is 1.50. The van der Waals surface area contributed by atoms with Crippen LogP contribution in [0.1, 0.15) is 0 Å². The molecule has 0 bridgehead atoms. The number of rotatable bonds is 2. The van der Waals surface area contributed by atoms with E-state index in [-0.39, 0.29) is 11.0 Å². The van der Waals surface area contributed by atoms with E-state index in [0.29, 0.717) is 5.69 Å². The van der Waals surface area contributed by atoms with Gasteiger partial charge in [-0.25, -0.2) is 13.5 Å². The molecule has 0 saturated heterocycles. The maximum Gasteiger partial charge on any atom is 0.296 e. The fourth-order valence-electron chi connectivity index (χ4n) is 0.857. The summed E-state index contributed by atoms with van der Waals surface area (Å²) in [6.45, 7) is 0. The maximum absolute atomic E-state index is 10.8. The lowest BCUT2D eigenvalue weighted by Gasteiger charge is -1.84. The van der Waals surface area contributed by atoms with Crippen LogP contribution >= 0.6 is 10.7 Å². The van der Waals surface area contributed by atoms with Crippen LogP contribution in [-0.4, -0.2) is 33.8 Å². The summed E-state index contributed by atoms with van der Waals surface area (Å²) in [6, 6.07) is 1.60. The lowest BCUT2D eigenvalue weighted by molar-refractivity contribution is 0.602. The number of halogens is 1. The van der Waals surface area contributed by atoms with Gasteiger partial charge in [-0.2, -0.15) is 15.2 Å². The average Bonchev–Trinajstić information content (AvgIpc) is 2.73. The van der Waals surface area contributed by atoms with E-state index >= 15 is 0 Å². The maximum atomic E-state index is 10.8. The van der Waals surface area contributed by atoms with Crippen molar-refractivity contribution in [2.45, 2.75) is 5.16 Å². The molecular formula is C5H4ClN5O2S. The molecule has 0 aliphatic rings.